The van der Waals surface area contributed by atoms with Gasteiger partial charge in [-0.15, -0.1) is 0 Å². The molecule has 0 atom stereocenters. The van der Waals surface area contributed by atoms with Crippen molar-refractivity contribution < 1.29 is 14.7 Å². The van der Waals surface area contributed by atoms with Crippen LogP contribution in [0.3, 0.4) is 0 Å². The smallest absolute Gasteiger partial charge is 0.337 e. The quantitative estimate of drug-likeness (QED) is 0.911. The van der Waals surface area contributed by atoms with Crippen LogP contribution in [-0.2, 0) is 0 Å². The molecule has 2 N–H and O–H groups in total. The van der Waals surface area contributed by atoms with E-state index in [9.17, 15) is 9.59 Å². The van der Waals surface area contributed by atoms with Gasteiger partial charge >= 0.3 is 5.97 Å². The first kappa shape index (κ1) is 14.3. The zero-order valence-electron chi connectivity index (χ0n) is 9.93. The third-order valence-electron chi connectivity index (χ3n) is 2.44. The first-order chi connectivity index (χ1) is 9.49. The summed E-state index contributed by atoms with van der Waals surface area (Å²) in [4.78, 5) is 26.5. The summed E-state index contributed by atoms with van der Waals surface area (Å²) in [6.45, 7) is 0. The van der Waals surface area contributed by atoms with E-state index >= 15 is 0 Å². The molecule has 0 saturated carbocycles. The molecule has 0 fully saturated rings. The predicted octanol–water partition coefficient (Wildman–Crippen LogP) is 3.34. The first-order valence-electron chi connectivity index (χ1n) is 5.44. The number of carboxylic acids is 1. The van der Waals surface area contributed by atoms with Gasteiger partial charge < -0.3 is 10.4 Å². The number of hydrogen-bond acceptors (Lipinski definition) is 3. The average molecular weight is 311 g/mol. The lowest BCUT2D eigenvalue weighted by Gasteiger charge is -2.07. The fourth-order valence-electron chi connectivity index (χ4n) is 1.49. The van der Waals surface area contributed by atoms with Crippen LogP contribution in [0.25, 0.3) is 0 Å². The Hall–Kier alpha value is -2.11. The maximum absolute atomic E-state index is 12.0. The van der Waals surface area contributed by atoms with E-state index in [0.29, 0.717) is 0 Å². The van der Waals surface area contributed by atoms with E-state index in [-0.39, 0.29) is 27.0 Å². The van der Waals surface area contributed by atoms with Crippen molar-refractivity contribution in [3.63, 3.8) is 0 Å². The number of rotatable bonds is 3. The molecule has 0 unspecified atom stereocenters. The molecular weight excluding hydrogens is 303 g/mol. The molecule has 0 saturated heterocycles. The van der Waals surface area contributed by atoms with Crippen molar-refractivity contribution in [1.29, 1.82) is 0 Å². The van der Waals surface area contributed by atoms with Crippen LogP contribution < -0.4 is 5.32 Å². The maximum atomic E-state index is 12.0. The van der Waals surface area contributed by atoms with Crippen molar-refractivity contribution in [3.8, 4) is 0 Å². The number of benzene rings is 1. The number of nitrogens with one attached hydrogen (secondary N) is 1. The molecule has 0 spiro atoms. The summed E-state index contributed by atoms with van der Waals surface area (Å²) in [6, 6.07) is 7.43. The van der Waals surface area contributed by atoms with Crippen molar-refractivity contribution >= 4 is 40.9 Å². The lowest BCUT2D eigenvalue weighted by Crippen LogP contribution is -2.14. The summed E-state index contributed by atoms with van der Waals surface area (Å²) in [5.41, 5.74) is 0.165. The minimum absolute atomic E-state index is 0.0266. The summed E-state index contributed by atoms with van der Waals surface area (Å²) in [5.74, 6) is -1.41. The van der Waals surface area contributed by atoms with Crippen molar-refractivity contribution in [2.24, 2.45) is 0 Å². The Morgan fingerprint density at radius 3 is 2.25 bits per heavy atom. The van der Waals surface area contributed by atoms with Crippen LogP contribution in [0, 0.1) is 0 Å². The van der Waals surface area contributed by atoms with Gasteiger partial charge in [0.1, 0.15) is 5.82 Å². The minimum atomic E-state index is -1.09. The van der Waals surface area contributed by atoms with Crippen molar-refractivity contribution in [2.75, 3.05) is 5.32 Å². The number of carbonyl (C=O) groups is 2. The van der Waals surface area contributed by atoms with Gasteiger partial charge in [0.25, 0.3) is 5.91 Å². The summed E-state index contributed by atoms with van der Waals surface area (Å²) in [6.07, 6.45) is 1.14. The zero-order chi connectivity index (χ0) is 14.7. The van der Waals surface area contributed by atoms with Crippen LogP contribution in [0.5, 0.6) is 0 Å². The maximum Gasteiger partial charge on any atom is 0.337 e. The summed E-state index contributed by atoms with van der Waals surface area (Å²) >= 11 is 11.8. The second-order valence-corrected chi connectivity index (χ2v) is 4.60. The van der Waals surface area contributed by atoms with Crippen LogP contribution in [0.4, 0.5) is 5.82 Å². The minimum Gasteiger partial charge on any atom is -0.478 e. The lowest BCUT2D eigenvalue weighted by molar-refractivity contribution is 0.0696. The van der Waals surface area contributed by atoms with E-state index < -0.39 is 11.9 Å². The molecule has 0 aliphatic rings. The largest absolute Gasteiger partial charge is 0.478 e. The van der Waals surface area contributed by atoms with Gasteiger partial charge in [-0.25, -0.2) is 9.78 Å². The Morgan fingerprint density at radius 2 is 1.75 bits per heavy atom. The summed E-state index contributed by atoms with van der Waals surface area (Å²) < 4.78 is 0. The Bertz CT molecular complexity index is 652. The Labute approximate surface area is 124 Å². The average Bonchev–Trinajstić information content (AvgIpc) is 2.39. The number of carboxylic acid groups (broad SMARTS) is 1. The van der Waals surface area contributed by atoms with Crippen molar-refractivity contribution in [1.82, 2.24) is 4.98 Å². The number of anilines is 1. The third kappa shape index (κ3) is 3.07. The lowest BCUT2D eigenvalue weighted by atomic mass is 10.2. The van der Waals surface area contributed by atoms with Gasteiger partial charge in [-0.05, 0) is 24.3 Å². The molecule has 7 heteroatoms. The van der Waals surface area contributed by atoms with Gasteiger partial charge in [-0.3, -0.25) is 4.79 Å². The van der Waals surface area contributed by atoms with Crippen LogP contribution >= 0.6 is 23.2 Å². The molecule has 1 aromatic carbocycles. The van der Waals surface area contributed by atoms with Gasteiger partial charge in [0.2, 0.25) is 0 Å². The topological polar surface area (TPSA) is 79.3 Å². The van der Waals surface area contributed by atoms with E-state index in [0.717, 1.165) is 6.20 Å². The molecule has 1 amide bonds. The number of aromatic nitrogens is 1. The number of pyridine rings is 1. The van der Waals surface area contributed by atoms with E-state index in [2.05, 4.69) is 10.3 Å². The molecule has 20 heavy (non-hydrogen) atoms. The van der Waals surface area contributed by atoms with Crippen LogP contribution in [0.1, 0.15) is 20.7 Å². The monoisotopic (exact) mass is 310 g/mol. The van der Waals surface area contributed by atoms with Gasteiger partial charge in [0.15, 0.2) is 0 Å². The standard InChI is InChI=1S/C13H8Cl2N2O3/c14-8-2-1-3-9(15)11(8)12(18)17-10-5-4-7(6-16-10)13(19)20/h1-6H,(H,19,20)(H,16,17,18). The number of amides is 1. The predicted molar refractivity (Wildman–Crippen MR) is 75.6 cm³/mol. The van der Waals surface area contributed by atoms with Gasteiger partial charge in [-0.1, -0.05) is 29.3 Å². The Balaban J connectivity index is 2.21. The van der Waals surface area contributed by atoms with Crippen LogP contribution in [-0.4, -0.2) is 22.0 Å². The first-order valence-corrected chi connectivity index (χ1v) is 6.19. The van der Waals surface area contributed by atoms with Crippen LogP contribution in [0.2, 0.25) is 10.0 Å². The fraction of sp³-hybridized carbons (Fsp3) is 0. The molecule has 5 nitrogen and oxygen atoms in total. The highest BCUT2D eigenvalue weighted by Gasteiger charge is 2.15. The highest BCUT2D eigenvalue weighted by molar-refractivity contribution is 6.40. The highest BCUT2D eigenvalue weighted by atomic mass is 35.5. The van der Waals surface area contributed by atoms with E-state index in [1.807, 2.05) is 0 Å². The third-order valence-corrected chi connectivity index (χ3v) is 3.07. The number of carbonyl (C=O) groups excluding carboxylic acids is 1. The second kappa shape index (κ2) is 5.90. The zero-order valence-corrected chi connectivity index (χ0v) is 11.4. The van der Waals surface area contributed by atoms with E-state index in [1.165, 1.54) is 12.1 Å². The van der Waals surface area contributed by atoms with Gasteiger partial charge in [-0.2, -0.15) is 0 Å². The molecule has 0 radical (unpaired) electrons. The highest BCUT2D eigenvalue weighted by Crippen LogP contribution is 2.24. The van der Waals surface area contributed by atoms with Gasteiger partial charge in [0, 0.05) is 6.20 Å². The normalized spacial score (nSPS) is 10.1. The summed E-state index contributed by atoms with van der Waals surface area (Å²) in [7, 11) is 0. The number of halogens is 2. The molecular formula is C13H8Cl2N2O3. The summed E-state index contributed by atoms with van der Waals surface area (Å²) in [5, 5.41) is 11.7. The number of nitrogens with zero attached hydrogens (tertiary/aromatic N) is 1. The SMILES string of the molecule is O=C(O)c1ccc(NC(=O)c2c(Cl)cccc2Cl)nc1. The number of hydrogen-bond donors (Lipinski definition) is 2. The van der Waals surface area contributed by atoms with E-state index in [4.69, 9.17) is 28.3 Å². The molecule has 2 aromatic rings. The van der Waals surface area contributed by atoms with E-state index in [1.54, 1.807) is 18.2 Å². The Morgan fingerprint density at radius 1 is 1.10 bits per heavy atom. The fourth-order valence-corrected chi connectivity index (χ4v) is 2.06. The second-order valence-electron chi connectivity index (χ2n) is 3.79. The molecule has 0 aliphatic carbocycles. The molecule has 102 valence electrons. The van der Waals surface area contributed by atoms with Crippen molar-refractivity contribution in [2.45, 2.75) is 0 Å². The molecule has 1 aromatic heterocycles. The van der Waals surface area contributed by atoms with Gasteiger partial charge in [0.05, 0.1) is 21.2 Å². The van der Waals surface area contributed by atoms with Crippen molar-refractivity contribution in [3.05, 3.63) is 57.7 Å². The van der Waals surface area contributed by atoms with Crippen LogP contribution in [0.15, 0.2) is 36.5 Å². The molecule has 2 rings (SSSR count). The molecule has 1 heterocycles. The molecule has 0 bridgehead atoms. The Kier molecular flexibility index (Phi) is 4.22. The number of aromatic carboxylic acids is 1. The molecule has 0 aliphatic heterocycles.